The Morgan fingerprint density at radius 1 is 1.20 bits per heavy atom. The molecule has 3 atom stereocenters. The average Bonchev–Trinajstić information content (AvgIpc) is 2.69. The van der Waals surface area contributed by atoms with E-state index in [-0.39, 0.29) is 42.6 Å². The number of hydrogen-bond acceptors (Lipinski definition) is 4. The van der Waals surface area contributed by atoms with E-state index in [2.05, 4.69) is 0 Å². The third-order valence-electron chi connectivity index (χ3n) is 4.12. The van der Waals surface area contributed by atoms with E-state index in [1.54, 1.807) is 6.92 Å². The number of carbonyl (C=O) groups is 2. The molecule has 7 nitrogen and oxygen atoms in total. The van der Waals surface area contributed by atoms with Crippen LogP contribution in [0.4, 0.5) is 4.79 Å². The fourth-order valence-electron chi connectivity index (χ4n) is 2.91. The second kappa shape index (κ2) is 5.23. The van der Waals surface area contributed by atoms with Gasteiger partial charge in [-0.15, -0.1) is 0 Å². The summed E-state index contributed by atoms with van der Waals surface area (Å²) >= 11 is 0. The van der Waals surface area contributed by atoms with Gasteiger partial charge in [0.25, 0.3) is 0 Å². The van der Waals surface area contributed by atoms with E-state index < -0.39 is 21.7 Å². The van der Waals surface area contributed by atoms with Crippen molar-refractivity contribution in [3.05, 3.63) is 0 Å². The highest BCUT2D eigenvalue weighted by atomic mass is 32.2. The predicted molar refractivity (Wildman–Crippen MR) is 72.1 cm³/mol. The maximum Gasteiger partial charge on any atom is 0.320 e. The molecule has 20 heavy (non-hydrogen) atoms. The summed E-state index contributed by atoms with van der Waals surface area (Å²) in [5.74, 6) is -1.55. The number of sulfone groups is 1. The zero-order chi connectivity index (χ0) is 15.1. The van der Waals surface area contributed by atoms with E-state index in [0.29, 0.717) is 6.54 Å². The van der Waals surface area contributed by atoms with Crippen LogP contribution in [0, 0.1) is 11.8 Å². The van der Waals surface area contributed by atoms with Crippen LogP contribution in [0.5, 0.6) is 0 Å². The van der Waals surface area contributed by atoms with Crippen LogP contribution < -0.4 is 0 Å². The molecule has 0 radical (unpaired) electrons. The second-order valence-corrected chi connectivity index (χ2v) is 8.00. The van der Waals surface area contributed by atoms with Crippen LogP contribution in [0.3, 0.4) is 0 Å². The van der Waals surface area contributed by atoms with Gasteiger partial charge in [-0.1, -0.05) is 6.92 Å². The fraction of sp³-hybridized carbons (Fsp3) is 0.833. The summed E-state index contributed by atoms with van der Waals surface area (Å²) in [5, 5.41) is 9.08. The van der Waals surface area contributed by atoms with Crippen LogP contribution in [0.2, 0.25) is 0 Å². The quantitative estimate of drug-likeness (QED) is 0.728. The third-order valence-corrected chi connectivity index (χ3v) is 5.91. The lowest BCUT2D eigenvalue weighted by molar-refractivity contribution is -0.142. The lowest BCUT2D eigenvalue weighted by Gasteiger charge is -2.36. The van der Waals surface area contributed by atoms with Gasteiger partial charge >= 0.3 is 12.0 Å². The third kappa shape index (κ3) is 2.89. The largest absolute Gasteiger partial charge is 0.481 e. The molecular formula is C12H20N2O5S. The highest BCUT2D eigenvalue weighted by Crippen LogP contribution is 2.25. The first-order chi connectivity index (χ1) is 9.21. The molecule has 0 aromatic carbocycles. The highest BCUT2D eigenvalue weighted by Gasteiger charge is 2.40. The summed E-state index contributed by atoms with van der Waals surface area (Å²) in [6.45, 7) is 4.32. The van der Waals surface area contributed by atoms with Crippen LogP contribution in [0.1, 0.15) is 13.8 Å². The maximum atomic E-state index is 12.4. The number of likely N-dealkylation sites (tertiary alicyclic amines) is 1. The zero-order valence-corrected chi connectivity index (χ0v) is 12.5. The van der Waals surface area contributed by atoms with Gasteiger partial charge in [-0.05, 0) is 12.8 Å². The smallest absolute Gasteiger partial charge is 0.320 e. The SMILES string of the molecule is CC1CN(C(=O)N2CCS(=O)(=O)CC2C)CC1C(=O)O. The van der Waals surface area contributed by atoms with Crippen molar-refractivity contribution in [2.45, 2.75) is 19.9 Å². The molecular weight excluding hydrogens is 284 g/mol. The molecule has 1 N–H and O–H groups in total. The average molecular weight is 304 g/mol. The molecule has 2 aliphatic heterocycles. The highest BCUT2D eigenvalue weighted by molar-refractivity contribution is 7.91. The monoisotopic (exact) mass is 304 g/mol. The summed E-state index contributed by atoms with van der Waals surface area (Å²) < 4.78 is 23.0. The molecule has 0 bridgehead atoms. The van der Waals surface area contributed by atoms with Crippen molar-refractivity contribution in [1.29, 1.82) is 0 Å². The molecule has 2 saturated heterocycles. The maximum absolute atomic E-state index is 12.4. The molecule has 8 heteroatoms. The minimum Gasteiger partial charge on any atom is -0.481 e. The van der Waals surface area contributed by atoms with Crippen LogP contribution in [0.25, 0.3) is 0 Å². The van der Waals surface area contributed by atoms with Crippen molar-refractivity contribution in [3.63, 3.8) is 0 Å². The summed E-state index contributed by atoms with van der Waals surface area (Å²) in [5.41, 5.74) is 0. The van der Waals surface area contributed by atoms with Gasteiger partial charge in [0.2, 0.25) is 0 Å². The molecule has 0 spiro atoms. The molecule has 0 aliphatic carbocycles. The number of carbonyl (C=O) groups excluding carboxylic acids is 1. The normalized spacial score (nSPS) is 33.2. The van der Waals surface area contributed by atoms with Crippen molar-refractivity contribution >= 4 is 21.8 Å². The summed E-state index contributed by atoms with van der Waals surface area (Å²) in [6, 6.07) is -0.608. The van der Waals surface area contributed by atoms with E-state index in [9.17, 15) is 18.0 Å². The molecule has 2 rings (SSSR count). The summed E-state index contributed by atoms with van der Waals surface area (Å²) in [6.07, 6.45) is 0. The first-order valence-electron chi connectivity index (χ1n) is 6.70. The van der Waals surface area contributed by atoms with Gasteiger partial charge in [0.05, 0.1) is 17.4 Å². The Hall–Kier alpha value is -1.31. The Bertz CT molecular complexity index is 518. The van der Waals surface area contributed by atoms with Crippen LogP contribution in [-0.2, 0) is 14.6 Å². The lowest BCUT2D eigenvalue weighted by atomic mass is 9.99. The molecule has 0 saturated carbocycles. The van der Waals surface area contributed by atoms with Gasteiger partial charge in [0.1, 0.15) is 0 Å². The fourth-order valence-corrected chi connectivity index (χ4v) is 4.47. The number of carboxylic acids is 1. The predicted octanol–water partition coefficient (Wildman–Crippen LogP) is -0.122. The van der Waals surface area contributed by atoms with Crippen LogP contribution >= 0.6 is 0 Å². The Morgan fingerprint density at radius 2 is 1.85 bits per heavy atom. The number of urea groups is 1. The molecule has 2 heterocycles. The van der Waals surface area contributed by atoms with Crippen molar-refractivity contribution in [2.24, 2.45) is 11.8 Å². The molecule has 2 aliphatic rings. The van der Waals surface area contributed by atoms with Crippen LogP contribution in [-0.4, -0.2) is 72.5 Å². The number of aliphatic carboxylic acids is 1. The van der Waals surface area contributed by atoms with Gasteiger partial charge in [0.15, 0.2) is 9.84 Å². The molecule has 114 valence electrons. The standard InChI is InChI=1S/C12H20N2O5S/c1-8-5-13(6-10(8)11(15)16)12(17)14-3-4-20(18,19)7-9(14)2/h8-10H,3-7H2,1-2H3,(H,15,16). The number of carboxylic acid groups (broad SMARTS) is 1. The second-order valence-electron chi connectivity index (χ2n) is 5.77. The summed E-state index contributed by atoms with van der Waals surface area (Å²) in [4.78, 5) is 26.5. The van der Waals surface area contributed by atoms with E-state index >= 15 is 0 Å². The Kier molecular flexibility index (Phi) is 3.95. The molecule has 0 aromatic rings. The van der Waals surface area contributed by atoms with E-state index in [1.807, 2.05) is 6.92 Å². The van der Waals surface area contributed by atoms with Gasteiger partial charge in [-0.3, -0.25) is 4.79 Å². The van der Waals surface area contributed by atoms with Gasteiger partial charge < -0.3 is 14.9 Å². The number of rotatable bonds is 1. The Morgan fingerprint density at radius 3 is 2.35 bits per heavy atom. The van der Waals surface area contributed by atoms with Gasteiger partial charge in [0, 0.05) is 25.7 Å². The number of hydrogen-bond donors (Lipinski definition) is 1. The Labute approximate surface area is 118 Å². The molecule has 2 fully saturated rings. The van der Waals surface area contributed by atoms with Gasteiger partial charge in [-0.25, -0.2) is 13.2 Å². The molecule has 2 amide bonds. The minimum atomic E-state index is -3.06. The number of amides is 2. The molecule has 0 aromatic heterocycles. The van der Waals surface area contributed by atoms with Crippen molar-refractivity contribution < 1.29 is 23.1 Å². The molecule has 3 unspecified atom stereocenters. The van der Waals surface area contributed by atoms with Crippen LogP contribution in [0.15, 0.2) is 0 Å². The number of nitrogens with zero attached hydrogens (tertiary/aromatic N) is 2. The lowest BCUT2D eigenvalue weighted by Crippen LogP contribution is -2.54. The van der Waals surface area contributed by atoms with E-state index in [1.165, 1.54) is 9.80 Å². The summed E-state index contributed by atoms with van der Waals surface area (Å²) in [7, 11) is -3.06. The first kappa shape index (κ1) is 15.1. The van der Waals surface area contributed by atoms with Crippen molar-refractivity contribution in [1.82, 2.24) is 9.80 Å². The van der Waals surface area contributed by atoms with Gasteiger partial charge in [-0.2, -0.15) is 0 Å². The van der Waals surface area contributed by atoms with E-state index in [4.69, 9.17) is 5.11 Å². The van der Waals surface area contributed by atoms with Crippen molar-refractivity contribution in [3.8, 4) is 0 Å². The van der Waals surface area contributed by atoms with Crippen molar-refractivity contribution in [2.75, 3.05) is 31.1 Å². The first-order valence-corrected chi connectivity index (χ1v) is 8.52. The minimum absolute atomic E-state index is 0.0190. The zero-order valence-electron chi connectivity index (χ0n) is 11.7. The van der Waals surface area contributed by atoms with E-state index in [0.717, 1.165) is 0 Å². The Balaban J connectivity index is 2.04. The topological polar surface area (TPSA) is 95.0 Å².